The minimum atomic E-state index is 0.708. The summed E-state index contributed by atoms with van der Waals surface area (Å²) in [6.07, 6.45) is 2.61. The van der Waals surface area contributed by atoms with E-state index in [0.29, 0.717) is 6.42 Å². The smallest absolute Gasteiger partial charge is 0.119 e. The number of hydrogen-bond acceptors (Lipinski definition) is 1. The Morgan fingerprint density at radius 1 is 1.43 bits per heavy atom. The van der Waals surface area contributed by atoms with Gasteiger partial charge in [-0.05, 0) is 6.42 Å². The van der Waals surface area contributed by atoms with E-state index < -0.39 is 0 Å². The zero-order valence-electron chi connectivity index (χ0n) is 5.40. The molecule has 0 rings (SSSR count). The number of hydrogen-bond donors (Lipinski definition) is 0. The van der Waals surface area contributed by atoms with Crippen molar-refractivity contribution in [3.05, 3.63) is 0 Å². The van der Waals surface area contributed by atoms with Gasteiger partial charge in [0.2, 0.25) is 0 Å². The fraction of sp³-hybridized carbons (Fsp3) is 0.833. The van der Waals surface area contributed by atoms with Gasteiger partial charge in [0.05, 0.1) is 0 Å². The third-order valence-corrected chi connectivity index (χ3v) is 0.407. The van der Waals surface area contributed by atoms with Gasteiger partial charge in [0.15, 0.2) is 0 Å². The maximum absolute atomic E-state index is 9.40. The highest BCUT2D eigenvalue weighted by Crippen LogP contribution is 1.74. The molecule has 0 aliphatic rings. The number of aldehydes is 1. The molecule has 0 aromatic carbocycles. The van der Waals surface area contributed by atoms with E-state index in [4.69, 9.17) is 0 Å². The molecule has 7 heavy (non-hydrogen) atoms. The first kappa shape index (κ1) is 9.83. The average Bonchev–Trinajstić information content (AvgIpc) is 1.75. The van der Waals surface area contributed by atoms with Crippen molar-refractivity contribution >= 4 is 6.29 Å². The van der Waals surface area contributed by atoms with Crippen LogP contribution in [0.1, 0.15) is 33.6 Å². The van der Waals surface area contributed by atoms with E-state index >= 15 is 0 Å². The molecule has 0 aliphatic heterocycles. The zero-order valence-corrected chi connectivity index (χ0v) is 5.40. The summed E-state index contributed by atoms with van der Waals surface area (Å²) in [5.41, 5.74) is 0. The van der Waals surface area contributed by atoms with Crippen molar-refractivity contribution in [1.29, 1.82) is 0 Å². The van der Waals surface area contributed by atoms with E-state index in [0.717, 1.165) is 12.7 Å². The van der Waals surface area contributed by atoms with Crippen LogP contribution in [0.25, 0.3) is 0 Å². The summed E-state index contributed by atoms with van der Waals surface area (Å²) in [5.74, 6) is 0. The van der Waals surface area contributed by atoms with Gasteiger partial charge in [-0.2, -0.15) is 0 Å². The quantitative estimate of drug-likeness (QED) is 0.487. The van der Waals surface area contributed by atoms with Gasteiger partial charge in [-0.15, -0.1) is 0 Å². The lowest BCUT2D eigenvalue weighted by Gasteiger charge is -1.68. The molecule has 0 spiro atoms. The maximum Gasteiger partial charge on any atom is 0.119 e. The molecule has 0 bridgehead atoms. The van der Waals surface area contributed by atoms with Crippen molar-refractivity contribution in [3.63, 3.8) is 0 Å². The molecule has 0 amide bonds. The molecule has 44 valence electrons. The van der Waals surface area contributed by atoms with Crippen LogP contribution in [0.2, 0.25) is 0 Å². The standard InChI is InChI=1S/C4H8O.C2H6/c1-2-3-4-5;1-2/h4H,2-3H2,1H3;1-2H3. The Labute approximate surface area is 45.7 Å². The number of carbonyl (C=O) groups excluding carboxylic acids is 1. The average molecular weight is 102 g/mol. The Balaban J connectivity index is 0. The number of rotatable bonds is 2. The monoisotopic (exact) mass is 102 g/mol. The molecule has 1 nitrogen and oxygen atoms in total. The van der Waals surface area contributed by atoms with E-state index in [2.05, 4.69) is 0 Å². The predicted molar refractivity (Wildman–Crippen MR) is 32.3 cm³/mol. The molecule has 0 heterocycles. The van der Waals surface area contributed by atoms with Crippen molar-refractivity contribution in [3.8, 4) is 0 Å². The molecule has 0 aromatic heterocycles. The highest BCUT2D eigenvalue weighted by atomic mass is 16.1. The topological polar surface area (TPSA) is 17.1 Å². The van der Waals surface area contributed by atoms with Crippen molar-refractivity contribution < 1.29 is 4.79 Å². The van der Waals surface area contributed by atoms with E-state index in [-0.39, 0.29) is 0 Å². The summed E-state index contributed by atoms with van der Waals surface area (Å²) in [7, 11) is 0. The SMILES string of the molecule is CC.CCCC=O. The van der Waals surface area contributed by atoms with E-state index in [1.54, 1.807) is 0 Å². The Morgan fingerprint density at radius 3 is 1.86 bits per heavy atom. The minimum absolute atomic E-state index is 0.708. The predicted octanol–water partition coefficient (Wildman–Crippen LogP) is 2.01. The van der Waals surface area contributed by atoms with E-state index in [1.807, 2.05) is 20.8 Å². The van der Waals surface area contributed by atoms with Gasteiger partial charge in [-0.3, -0.25) is 0 Å². The fourth-order valence-electron chi connectivity index (χ4n) is 0.118. The molecule has 0 fully saturated rings. The van der Waals surface area contributed by atoms with Crippen molar-refractivity contribution in [2.45, 2.75) is 33.6 Å². The van der Waals surface area contributed by atoms with Gasteiger partial charge < -0.3 is 4.79 Å². The lowest BCUT2D eigenvalue weighted by molar-refractivity contribution is -0.107. The van der Waals surface area contributed by atoms with Gasteiger partial charge >= 0.3 is 0 Å². The van der Waals surface area contributed by atoms with Crippen LogP contribution < -0.4 is 0 Å². The van der Waals surface area contributed by atoms with Crippen LogP contribution >= 0.6 is 0 Å². The van der Waals surface area contributed by atoms with Crippen LogP contribution in [0.15, 0.2) is 0 Å². The second-order valence-electron chi connectivity index (χ2n) is 0.955. The molecule has 0 N–H and O–H groups in total. The van der Waals surface area contributed by atoms with Crippen LogP contribution in [-0.4, -0.2) is 6.29 Å². The number of carbonyl (C=O) groups is 1. The van der Waals surface area contributed by atoms with Crippen LogP contribution in [0.4, 0.5) is 0 Å². The third-order valence-electron chi connectivity index (χ3n) is 0.407. The lowest BCUT2D eigenvalue weighted by atomic mass is 10.4. The summed E-state index contributed by atoms with van der Waals surface area (Å²) in [6, 6.07) is 0. The van der Waals surface area contributed by atoms with Gasteiger partial charge in [0.25, 0.3) is 0 Å². The Bertz CT molecular complexity index is 25.4. The largest absolute Gasteiger partial charge is 0.303 e. The zero-order chi connectivity index (χ0) is 6.12. The first-order valence-electron chi connectivity index (χ1n) is 2.85. The molecule has 0 aromatic rings. The molecule has 0 unspecified atom stereocenters. The Hall–Kier alpha value is -0.330. The normalized spacial score (nSPS) is 6.14. The maximum atomic E-state index is 9.40. The van der Waals surface area contributed by atoms with Gasteiger partial charge in [-0.25, -0.2) is 0 Å². The van der Waals surface area contributed by atoms with E-state index in [9.17, 15) is 4.79 Å². The molecule has 1 heteroatoms. The summed E-state index contributed by atoms with van der Waals surface area (Å²) in [4.78, 5) is 9.40. The highest BCUT2D eigenvalue weighted by Gasteiger charge is 1.66. The second-order valence-corrected chi connectivity index (χ2v) is 0.955. The van der Waals surface area contributed by atoms with Crippen molar-refractivity contribution in [2.24, 2.45) is 0 Å². The summed E-state index contributed by atoms with van der Waals surface area (Å²) < 4.78 is 0. The van der Waals surface area contributed by atoms with Crippen LogP contribution in [0.5, 0.6) is 0 Å². The molecule has 0 saturated carbocycles. The van der Waals surface area contributed by atoms with Crippen LogP contribution in [0, 0.1) is 0 Å². The van der Waals surface area contributed by atoms with Crippen LogP contribution in [0.3, 0.4) is 0 Å². The van der Waals surface area contributed by atoms with Crippen molar-refractivity contribution in [2.75, 3.05) is 0 Å². The molecular formula is C6H14O. The lowest BCUT2D eigenvalue weighted by Crippen LogP contribution is -1.64. The molecular weight excluding hydrogens is 88.1 g/mol. The first-order chi connectivity index (χ1) is 3.41. The van der Waals surface area contributed by atoms with Gasteiger partial charge in [0, 0.05) is 6.42 Å². The van der Waals surface area contributed by atoms with Crippen molar-refractivity contribution in [1.82, 2.24) is 0 Å². The third kappa shape index (κ3) is 27.4. The molecule has 0 aliphatic carbocycles. The Morgan fingerprint density at radius 2 is 1.86 bits per heavy atom. The molecule has 0 radical (unpaired) electrons. The molecule has 0 atom stereocenters. The highest BCUT2D eigenvalue weighted by molar-refractivity contribution is 5.48. The van der Waals surface area contributed by atoms with Gasteiger partial charge in [0.1, 0.15) is 6.29 Å². The summed E-state index contributed by atoms with van der Waals surface area (Å²) in [5, 5.41) is 0. The minimum Gasteiger partial charge on any atom is -0.303 e. The first-order valence-corrected chi connectivity index (χ1v) is 2.85. The van der Waals surface area contributed by atoms with Crippen LogP contribution in [-0.2, 0) is 4.79 Å². The fourth-order valence-corrected chi connectivity index (χ4v) is 0.118. The number of unbranched alkanes of at least 4 members (excludes halogenated alkanes) is 1. The molecule has 0 saturated heterocycles. The second kappa shape index (κ2) is 17.3. The van der Waals surface area contributed by atoms with Gasteiger partial charge in [-0.1, -0.05) is 20.8 Å². The van der Waals surface area contributed by atoms with E-state index in [1.165, 1.54) is 0 Å². The Kier molecular flexibility index (Phi) is 24.4. The summed E-state index contributed by atoms with van der Waals surface area (Å²) in [6.45, 7) is 5.98. The summed E-state index contributed by atoms with van der Waals surface area (Å²) >= 11 is 0.